The van der Waals surface area contributed by atoms with Gasteiger partial charge in [0.25, 0.3) is 0 Å². The topological polar surface area (TPSA) is 44.8 Å². The van der Waals surface area contributed by atoms with E-state index in [1.807, 2.05) is 32.1 Å². The van der Waals surface area contributed by atoms with Crippen LogP contribution in [0.3, 0.4) is 0 Å². The van der Waals surface area contributed by atoms with Crippen molar-refractivity contribution in [1.29, 1.82) is 0 Å². The van der Waals surface area contributed by atoms with Crippen LogP contribution in [0.5, 0.6) is 17.2 Å². The molecule has 0 fully saturated rings. The van der Waals surface area contributed by atoms with E-state index in [1.54, 1.807) is 43.5 Å². The number of hydrogen-bond acceptors (Lipinski definition) is 4. The van der Waals surface area contributed by atoms with Gasteiger partial charge >= 0.3 is 0 Å². The first-order valence-corrected chi connectivity index (χ1v) is 9.02. The summed E-state index contributed by atoms with van der Waals surface area (Å²) in [5.74, 6) is 2.14. The Kier molecular flexibility index (Phi) is 7.68. The molecule has 0 aliphatic heterocycles. The molecule has 4 heteroatoms. The fourth-order valence-electron chi connectivity index (χ4n) is 2.67. The maximum atomic E-state index is 12.4. The van der Waals surface area contributed by atoms with Crippen LogP contribution in [-0.4, -0.2) is 26.1 Å². The van der Waals surface area contributed by atoms with E-state index in [-0.39, 0.29) is 5.78 Å². The molecule has 0 N–H and O–H groups in total. The van der Waals surface area contributed by atoms with E-state index in [4.69, 9.17) is 14.2 Å². The second kappa shape index (κ2) is 10.2. The summed E-state index contributed by atoms with van der Waals surface area (Å²) in [7, 11) is 1.60. The van der Waals surface area contributed by atoms with Crippen LogP contribution >= 0.6 is 0 Å². The Morgan fingerprint density at radius 3 is 2.11 bits per heavy atom. The number of rotatable bonds is 10. The van der Waals surface area contributed by atoms with Crippen LogP contribution in [0.1, 0.15) is 35.3 Å². The van der Waals surface area contributed by atoms with Gasteiger partial charge in [-0.1, -0.05) is 12.2 Å². The monoisotopic (exact) mass is 366 g/mol. The number of methoxy groups -OCH3 is 1. The van der Waals surface area contributed by atoms with Gasteiger partial charge in [0.1, 0.15) is 17.2 Å². The first-order chi connectivity index (χ1) is 13.1. The number of carbonyl (C=O) groups is 1. The van der Waals surface area contributed by atoms with E-state index in [2.05, 4.69) is 6.58 Å². The van der Waals surface area contributed by atoms with Gasteiger partial charge in [0.05, 0.1) is 20.3 Å². The third-order valence-electron chi connectivity index (χ3n) is 3.94. The average Bonchev–Trinajstić information content (AvgIpc) is 2.69. The molecule has 2 aromatic rings. The molecule has 0 aromatic heterocycles. The highest BCUT2D eigenvalue weighted by molar-refractivity contribution is 6.06. The quantitative estimate of drug-likeness (QED) is 0.333. The molecule has 142 valence electrons. The zero-order valence-electron chi connectivity index (χ0n) is 16.2. The van der Waals surface area contributed by atoms with E-state index in [1.165, 1.54) is 0 Å². The number of ketones is 1. The number of allylic oxidation sites excluding steroid dienone is 2. The summed E-state index contributed by atoms with van der Waals surface area (Å²) >= 11 is 0. The highest BCUT2D eigenvalue weighted by atomic mass is 16.5. The summed E-state index contributed by atoms with van der Waals surface area (Å²) in [4.78, 5) is 12.4. The van der Waals surface area contributed by atoms with Gasteiger partial charge in [0, 0.05) is 11.1 Å². The van der Waals surface area contributed by atoms with Crippen molar-refractivity contribution >= 4 is 11.9 Å². The second-order valence-corrected chi connectivity index (χ2v) is 5.78. The van der Waals surface area contributed by atoms with Crippen LogP contribution in [0.25, 0.3) is 6.08 Å². The summed E-state index contributed by atoms with van der Waals surface area (Å²) in [5.41, 5.74) is 2.41. The van der Waals surface area contributed by atoms with Crippen molar-refractivity contribution in [1.82, 2.24) is 0 Å². The first kappa shape index (κ1) is 20.3. The van der Waals surface area contributed by atoms with Crippen molar-refractivity contribution < 1.29 is 19.0 Å². The largest absolute Gasteiger partial charge is 0.497 e. The van der Waals surface area contributed by atoms with Crippen molar-refractivity contribution in [3.63, 3.8) is 0 Å². The minimum atomic E-state index is -0.0799. The number of ether oxygens (including phenoxy) is 3. The molecular formula is C23H26O4. The zero-order chi connectivity index (χ0) is 19.6. The van der Waals surface area contributed by atoms with Crippen LogP contribution in [-0.2, 0) is 6.42 Å². The van der Waals surface area contributed by atoms with Gasteiger partial charge < -0.3 is 14.2 Å². The Morgan fingerprint density at radius 2 is 1.63 bits per heavy atom. The zero-order valence-corrected chi connectivity index (χ0v) is 16.2. The van der Waals surface area contributed by atoms with Crippen LogP contribution in [0.2, 0.25) is 0 Å². The molecule has 0 heterocycles. The Morgan fingerprint density at radius 1 is 1.04 bits per heavy atom. The summed E-state index contributed by atoms with van der Waals surface area (Å²) in [6.07, 6.45) is 5.80. The standard InChI is InChI=1S/C23H26O4/c1-5-8-20-22(26-6-2)15-17(16-23(20)27-7-3)9-14-21(24)18-10-12-19(25-4)13-11-18/h5,9-16H,1,6-8H2,2-4H3/b14-9+. The normalized spacial score (nSPS) is 10.6. The van der Waals surface area contributed by atoms with Gasteiger partial charge in [-0.2, -0.15) is 0 Å². The fraction of sp³-hybridized carbons (Fsp3) is 0.261. The maximum absolute atomic E-state index is 12.4. The van der Waals surface area contributed by atoms with E-state index in [0.29, 0.717) is 25.2 Å². The molecule has 0 aliphatic rings. The fourth-order valence-corrected chi connectivity index (χ4v) is 2.67. The number of hydrogen-bond donors (Lipinski definition) is 0. The van der Waals surface area contributed by atoms with Crippen LogP contribution in [0.15, 0.2) is 55.1 Å². The molecule has 2 rings (SSSR count). The Hall–Kier alpha value is -3.01. The molecule has 0 atom stereocenters. The first-order valence-electron chi connectivity index (χ1n) is 9.02. The maximum Gasteiger partial charge on any atom is 0.185 e. The predicted molar refractivity (Wildman–Crippen MR) is 109 cm³/mol. The average molecular weight is 366 g/mol. The summed E-state index contributed by atoms with van der Waals surface area (Å²) < 4.78 is 16.7. The molecule has 0 unspecified atom stereocenters. The molecule has 0 saturated carbocycles. The molecule has 0 aliphatic carbocycles. The molecule has 0 bridgehead atoms. The summed E-state index contributed by atoms with van der Waals surface area (Å²) in [5, 5.41) is 0. The SMILES string of the molecule is C=CCc1c(OCC)cc(/C=C/C(=O)c2ccc(OC)cc2)cc1OCC. The van der Waals surface area contributed by atoms with Gasteiger partial charge in [0.15, 0.2) is 5.78 Å². The van der Waals surface area contributed by atoms with Crippen LogP contribution in [0.4, 0.5) is 0 Å². The lowest BCUT2D eigenvalue weighted by atomic mass is 10.0. The molecule has 2 aromatic carbocycles. The summed E-state index contributed by atoms with van der Waals surface area (Å²) in [6.45, 7) is 8.78. The van der Waals surface area contributed by atoms with Gasteiger partial charge in [0.2, 0.25) is 0 Å². The molecule has 27 heavy (non-hydrogen) atoms. The molecule has 4 nitrogen and oxygen atoms in total. The molecule has 0 spiro atoms. The highest BCUT2D eigenvalue weighted by Crippen LogP contribution is 2.32. The van der Waals surface area contributed by atoms with Crippen LogP contribution in [0, 0.1) is 0 Å². The van der Waals surface area contributed by atoms with Gasteiger partial charge in [-0.3, -0.25) is 4.79 Å². The third kappa shape index (κ3) is 5.48. The molecule has 0 amide bonds. The Balaban J connectivity index is 2.31. The van der Waals surface area contributed by atoms with Crippen molar-refractivity contribution in [2.75, 3.05) is 20.3 Å². The number of carbonyl (C=O) groups excluding carboxylic acids is 1. The molecule has 0 saturated heterocycles. The van der Waals surface area contributed by atoms with Gasteiger partial charge in [-0.05, 0) is 68.3 Å². The van der Waals surface area contributed by atoms with Crippen molar-refractivity contribution in [2.45, 2.75) is 20.3 Å². The lowest BCUT2D eigenvalue weighted by Crippen LogP contribution is -2.02. The highest BCUT2D eigenvalue weighted by Gasteiger charge is 2.12. The lowest BCUT2D eigenvalue weighted by molar-refractivity contribution is 0.104. The summed E-state index contributed by atoms with van der Waals surface area (Å²) in [6, 6.07) is 10.9. The van der Waals surface area contributed by atoms with E-state index < -0.39 is 0 Å². The van der Waals surface area contributed by atoms with Crippen LogP contribution < -0.4 is 14.2 Å². The minimum Gasteiger partial charge on any atom is -0.497 e. The predicted octanol–water partition coefficient (Wildman–Crippen LogP) is 5.12. The van der Waals surface area contributed by atoms with Gasteiger partial charge in [-0.15, -0.1) is 6.58 Å². The third-order valence-corrected chi connectivity index (χ3v) is 3.94. The Bertz CT molecular complexity index is 777. The lowest BCUT2D eigenvalue weighted by Gasteiger charge is -2.15. The molecule has 0 radical (unpaired) electrons. The minimum absolute atomic E-state index is 0.0799. The van der Waals surface area contributed by atoms with E-state index >= 15 is 0 Å². The Labute approximate surface area is 161 Å². The molecular weight excluding hydrogens is 340 g/mol. The number of benzene rings is 2. The van der Waals surface area contributed by atoms with E-state index in [0.717, 1.165) is 28.4 Å². The van der Waals surface area contributed by atoms with Crippen molar-refractivity contribution in [2.24, 2.45) is 0 Å². The second-order valence-electron chi connectivity index (χ2n) is 5.78. The van der Waals surface area contributed by atoms with Crippen molar-refractivity contribution in [3.05, 3.63) is 71.8 Å². The van der Waals surface area contributed by atoms with Crippen molar-refractivity contribution in [3.8, 4) is 17.2 Å². The van der Waals surface area contributed by atoms with E-state index in [9.17, 15) is 4.79 Å². The smallest absolute Gasteiger partial charge is 0.185 e. The van der Waals surface area contributed by atoms with Gasteiger partial charge in [-0.25, -0.2) is 0 Å².